The first-order valence-corrected chi connectivity index (χ1v) is 9.37. The highest BCUT2D eigenvalue weighted by Gasteiger charge is 2.20. The number of carbonyl (C=O) groups is 1. The lowest BCUT2D eigenvalue weighted by atomic mass is 10.3. The summed E-state index contributed by atoms with van der Waals surface area (Å²) in [6.45, 7) is -0.159. The number of halogens is 1. The van der Waals surface area contributed by atoms with Crippen molar-refractivity contribution in [1.82, 2.24) is 4.47 Å². The van der Waals surface area contributed by atoms with Crippen molar-refractivity contribution in [3.8, 4) is 5.75 Å². The van der Waals surface area contributed by atoms with Crippen LogP contribution in [0, 0.1) is 0 Å². The fourth-order valence-corrected chi connectivity index (χ4v) is 3.07. The third-order valence-electron chi connectivity index (χ3n) is 3.22. The summed E-state index contributed by atoms with van der Waals surface area (Å²) in [4.78, 5) is 16.7. The number of hydroxylamine groups is 1. The van der Waals surface area contributed by atoms with E-state index in [1.165, 1.54) is 38.4 Å². The highest BCUT2D eigenvalue weighted by Crippen LogP contribution is 2.18. The number of nitrogens with zero attached hydrogens (tertiary/aromatic N) is 1. The molecule has 0 unspecified atom stereocenters. The highest BCUT2D eigenvalue weighted by atomic mass is 79.9. The van der Waals surface area contributed by atoms with E-state index in [1.807, 2.05) is 12.1 Å². The first-order chi connectivity index (χ1) is 11.8. The third-order valence-corrected chi connectivity index (χ3v) is 5.44. The van der Waals surface area contributed by atoms with E-state index >= 15 is 0 Å². The molecule has 0 aromatic heterocycles. The molecule has 25 heavy (non-hydrogen) atoms. The lowest BCUT2D eigenvalue weighted by molar-refractivity contribution is -0.118. The fraction of sp³-hybridized carbons (Fsp3) is 0.188. The topological polar surface area (TPSA) is 84.9 Å². The van der Waals surface area contributed by atoms with Crippen LogP contribution in [-0.2, 0) is 19.7 Å². The number of benzene rings is 2. The van der Waals surface area contributed by atoms with Crippen molar-refractivity contribution in [3.63, 3.8) is 0 Å². The van der Waals surface area contributed by atoms with E-state index in [9.17, 15) is 13.2 Å². The van der Waals surface area contributed by atoms with Gasteiger partial charge in [-0.1, -0.05) is 20.4 Å². The summed E-state index contributed by atoms with van der Waals surface area (Å²) in [7, 11) is -1.16. The van der Waals surface area contributed by atoms with Gasteiger partial charge in [0.2, 0.25) is 0 Å². The van der Waals surface area contributed by atoms with Gasteiger partial charge in [-0.15, -0.1) is 0 Å². The summed E-state index contributed by atoms with van der Waals surface area (Å²) in [5.41, 5.74) is 0.462. The molecule has 0 fully saturated rings. The van der Waals surface area contributed by atoms with Crippen molar-refractivity contribution < 1.29 is 22.8 Å². The van der Waals surface area contributed by atoms with Gasteiger partial charge >= 0.3 is 0 Å². The van der Waals surface area contributed by atoms with Crippen LogP contribution >= 0.6 is 15.9 Å². The zero-order valence-corrected chi connectivity index (χ0v) is 16.0. The molecule has 0 saturated carbocycles. The lowest BCUT2D eigenvalue weighted by Gasteiger charge is -2.14. The summed E-state index contributed by atoms with van der Waals surface area (Å²) >= 11 is 3.31. The van der Waals surface area contributed by atoms with Gasteiger partial charge in [0, 0.05) is 17.2 Å². The van der Waals surface area contributed by atoms with Crippen LogP contribution < -0.4 is 10.1 Å². The molecule has 0 spiro atoms. The lowest BCUT2D eigenvalue weighted by Crippen LogP contribution is -2.25. The van der Waals surface area contributed by atoms with E-state index in [4.69, 9.17) is 9.57 Å². The molecule has 7 nitrogen and oxygen atoms in total. The van der Waals surface area contributed by atoms with Crippen molar-refractivity contribution in [2.75, 3.05) is 26.1 Å². The third kappa shape index (κ3) is 5.27. The summed E-state index contributed by atoms with van der Waals surface area (Å²) in [6.07, 6.45) is 0. The van der Waals surface area contributed by atoms with Gasteiger partial charge in [0.25, 0.3) is 15.9 Å². The van der Waals surface area contributed by atoms with Crippen LogP contribution in [0.1, 0.15) is 0 Å². The van der Waals surface area contributed by atoms with Crippen molar-refractivity contribution in [1.29, 1.82) is 0 Å². The molecule has 0 bridgehead atoms. The molecular weight excluding hydrogens is 412 g/mol. The molecule has 1 N–H and O–H groups in total. The van der Waals surface area contributed by atoms with Crippen molar-refractivity contribution >= 4 is 37.5 Å². The number of anilines is 1. The molecule has 2 rings (SSSR count). The van der Waals surface area contributed by atoms with E-state index in [2.05, 4.69) is 21.2 Å². The van der Waals surface area contributed by atoms with Gasteiger partial charge in [0.05, 0.1) is 12.0 Å². The van der Waals surface area contributed by atoms with Gasteiger partial charge in [-0.25, -0.2) is 8.42 Å². The van der Waals surface area contributed by atoms with E-state index in [0.717, 1.165) is 8.94 Å². The van der Waals surface area contributed by atoms with Crippen LogP contribution in [-0.4, -0.2) is 39.6 Å². The summed E-state index contributed by atoms with van der Waals surface area (Å²) < 4.78 is 31.2. The fourth-order valence-electron chi connectivity index (χ4n) is 1.83. The molecule has 9 heteroatoms. The van der Waals surface area contributed by atoms with Gasteiger partial charge in [-0.3, -0.25) is 9.63 Å². The second-order valence-corrected chi connectivity index (χ2v) is 7.76. The van der Waals surface area contributed by atoms with Crippen molar-refractivity contribution in [3.05, 3.63) is 53.0 Å². The van der Waals surface area contributed by atoms with Crippen LogP contribution in [0.15, 0.2) is 57.9 Å². The molecule has 0 saturated heterocycles. The predicted octanol–water partition coefficient (Wildman–Crippen LogP) is 2.65. The molecule has 0 heterocycles. The first kappa shape index (κ1) is 19.4. The number of hydrogen-bond acceptors (Lipinski definition) is 5. The molecule has 134 valence electrons. The van der Waals surface area contributed by atoms with E-state index in [0.29, 0.717) is 11.4 Å². The number of nitrogens with one attached hydrogen (secondary N) is 1. The Labute approximate surface area is 154 Å². The Bertz CT molecular complexity index is 823. The van der Waals surface area contributed by atoms with Gasteiger partial charge in [0.15, 0.2) is 6.61 Å². The van der Waals surface area contributed by atoms with Gasteiger partial charge in [-0.2, -0.15) is 0 Å². The average molecular weight is 429 g/mol. The number of ether oxygens (including phenoxy) is 1. The number of hydrogen-bond donors (Lipinski definition) is 1. The molecule has 0 radical (unpaired) electrons. The minimum absolute atomic E-state index is 0.0564. The molecule has 0 aliphatic heterocycles. The van der Waals surface area contributed by atoms with E-state index in [1.54, 1.807) is 12.1 Å². The van der Waals surface area contributed by atoms with Crippen molar-refractivity contribution in [2.45, 2.75) is 4.90 Å². The number of sulfonamides is 1. The number of carbonyl (C=O) groups excluding carboxylic acids is 1. The van der Waals surface area contributed by atoms with Gasteiger partial charge < -0.3 is 10.1 Å². The SMILES string of the molecule is CON(C)S(=O)(=O)c1ccc(NC(=O)COc2ccc(Br)cc2)cc1. The summed E-state index contributed by atoms with van der Waals surface area (Å²) in [6, 6.07) is 12.9. The monoisotopic (exact) mass is 428 g/mol. The molecule has 0 atom stereocenters. The van der Waals surface area contributed by atoms with Gasteiger partial charge in [-0.05, 0) is 48.5 Å². The molecular formula is C16H17BrN2O5S. The standard InChI is InChI=1S/C16H17BrN2O5S/c1-19(23-2)25(21,22)15-9-5-13(6-10-15)18-16(20)11-24-14-7-3-12(17)4-8-14/h3-10H,11H2,1-2H3,(H,18,20). The molecule has 0 aliphatic rings. The van der Waals surface area contributed by atoms with Crippen LogP contribution in [0.2, 0.25) is 0 Å². The van der Waals surface area contributed by atoms with Crippen LogP contribution in [0.3, 0.4) is 0 Å². The Hall–Kier alpha value is -1.94. The summed E-state index contributed by atoms with van der Waals surface area (Å²) in [5, 5.41) is 2.63. The van der Waals surface area contributed by atoms with Crippen LogP contribution in [0.4, 0.5) is 5.69 Å². The second kappa shape index (κ2) is 8.43. The Kier molecular flexibility index (Phi) is 6.54. The maximum atomic E-state index is 12.1. The minimum Gasteiger partial charge on any atom is -0.484 e. The Morgan fingerprint density at radius 3 is 2.28 bits per heavy atom. The maximum Gasteiger partial charge on any atom is 0.264 e. The zero-order valence-electron chi connectivity index (χ0n) is 13.6. The Balaban J connectivity index is 1.94. The van der Waals surface area contributed by atoms with Crippen LogP contribution in [0.5, 0.6) is 5.75 Å². The number of amides is 1. The normalized spacial score (nSPS) is 11.4. The number of rotatable bonds is 7. The first-order valence-electron chi connectivity index (χ1n) is 7.14. The molecule has 2 aromatic rings. The Morgan fingerprint density at radius 1 is 1.12 bits per heavy atom. The molecule has 0 aliphatic carbocycles. The average Bonchev–Trinajstić information content (AvgIpc) is 2.61. The zero-order chi connectivity index (χ0) is 18.4. The van der Waals surface area contributed by atoms with Gasteiger partial charge in [0.1, 0.15) is 5.75 Å². The largest absolute Gasteiger partial charge is 0.484 e. The van der Waals surface area contributed by atoms with Crippen LogP contribution in [0.25, 0.3) is 0 Å². The highest BCUT2D eigenvalue weighted by molar-refractivity contribution is 9.10. The van der Waals surface area contributed by atoms with E-state index in [-0.39, 0.29) is 17.4 Å². The quantitative estimate of drug-likeness (QED) is 0.685. The Morgan fingerprint density at radius 2 is 1.72 bits per heavy atom. The smallest absolute Gasteiger partial charge is 0.264 e. The second-order valence-electron chi connectivity index (χ2n) is 4.91. The van der Waals surface area contributed by atoms with Crippen molar-refractivity contribution in [2.24, 2.45) is 0 Å². The molecule has 2 aromatic carbocycles. The van der Waals surface area contributed by atoms with E-state index < -0.39 is 10.0 Å². The molecule has 1 amide bonds. The summed E-state index contributed by atoms with van der Waals surface area (Å²) in [5.74, 6) is 0.218. The predicted molar refractivity (Wildman–Crippen MR) is 96.7 cm³/mol. The minimum atomic E-state index is -3.71. The maximum absolute atomic E-state index is 12.1.